The van der Waals surface area contributed by atoms with E-state index in [1.54, 1.807) is 31.3 Å². The van der Waals surface area contributed by atoms with Crippen molar-refractivity contribution in [1.82, 2.24) is 10.2 Å². The van der Waals surface area contributed by atoms with Gasteiger partial charge in [-0.1, -0.05) is 41.9 Å². The summed E-state index contributed by atoms with van der Waals surface area (Å²) in [6.45, 7) is 0.333. The molecule has 1 N–H and O–H groups in total. The summed E-state index contributed by atoms with van der Waals surface area (Å²) in [7, 11) is 1.60. The van der Waals surface area contributed by atoms with Crippen molar-refractivity contribution in [2.45, 2.75) is 19.3 Å². The smallest absolute Gasteiger partial charge is 0.351 e. The van der Waals surface area contributed by atoms with Gasteiger partial charge in [-0.05, 0) is 36.4 Å². The average molecular weight is 371 g/mol. The normalized spacial score (nSPS) is 11.6. The van der Waals surface area contributed by atoms with Gasteiger partial charge in [-0.25, -0.2) is 0 Å². The van der Waals surface area contributed by atoms with Crippen LogP contribution in [-0.2, 0) is 24.1 Å². The summed E-state index contributed by atoms with van der Waals surface area (Å²) in [5.41, 5.74) is 0.312. The number of amides is 1. The molecule has 0 unspecified atom stereocenters. The van der Waals surface area contributed by atoms with E-state index >= 15 is 0 Å². The summed E-state index contributed by atoms with van der Waals surface area (Å²) in [4.78, 5) is 13.5. The Balaban J connectivity index is 1.90. The highest BCUT2D eigenvalue weighted by Gasteiger charge is 2.33. The highest BCUT2D eigenvalue weighted by atomic mass is 35.5. The number of halogens is 4. The topological polar surface area (TPSA) is 32.3 Å². The lowest BCUT2D eigenvalue weighted by Gasteiger charge is -2.19. The Kier molecular flexibility index (Phi) is 6.45. The van der Waals surface area contributed by atoms with Crippen molar-refractivity contribution in [1.29, 1.82) is 0 Å². The molecule has 7 heteroatoms. The molecule has 134 valence electrons. The number of rotatable bonds is 6. The van der Waals surface area contributed by atoms with E-state index in [-0.39, 0.29) is 24.6 Å². The molecule has 0 aromatic heterocycles. The first-order valence-electron chi connectivity index (χ1n) is 7.60. The van der Waals surface area contributed by atoms with Crippen LogP contribution in [0.4, 0.5) is 13.2 Å². The predicted molar refractivity (Wildman–Crippen MR) is 91.1 cm³/mol. The number of carbonyl (C=O) groups is 1. The molecular formula is C18H18ClF3N2O. The van der Waals surface area contributed by atoms with Crippen molar-refractivity contribution in [3.05, 3.63) is 70.2 Å². The van der Waals surface area contributed by atoms with Crippen LogP contribution in [-0.4, -0.2) is 24.4 Å². The summed E-state index contributed by atoms with van der Waals surface area (Å²) in [5, 5.41) is 3.30. The van der Waals surface area contributed by atoms with E-state index in [9.17, 15) is 18.0 Å². The van der Waals surface area contributed by atoms with E-state index in [4.69, 9.17) is 11.6 Å². The van der Waals surface area contributed by atoms with Crippen LogP contribution < -0.4 is 5.32 Å². The Labute approximate surface area is 149 Å². The molecule has 25 heavy (non-hydrogen) atoms. The van der Waals surface area contributed by atoms with Gasteiger partial charge in [-0.15, -0.1) is 0 Å². The second-order valence-electron chi connectivity index (χ2n) is 5.73. The minimum Gasteiger partial charge on any atom is -0.351 e. The van der Waals surface area contributed by atoms with Crippen molar-refractivity contribution in [2.24, 2.45) is 0 Å². The van der Waals surface area contributed by atoms with Gasteiger partial charge in [0.25, 0.3) is 0 Å². The monoisotopic (exact) mass is 370 g/mol. The maximum Gasteiger partial charge on any atom is 0.416 e. The van der Waals surface area contributed by atoms with Crippen LogP contribution in [0.3, 0.4) is 0 Å². The average Bonchev–Trinajstić information content (AvgIpc) is 2.52. The molecule has 0 atom stereocenters. The van der Waals surface area contributed by atoms with Gasteiger partial charge in [0.15, 0.2) is 0 Å². The van der Waals surface area contributed by atoms with Crippen LogP contribution >= 0.6 is 11.6 Å². The second-order valence-corrected chi connectivity index (χ2v) is 6.17. The molecule has 0 radical (unpaired) electrons. The number of nitrogens with zero attached hydrogens (tertiary/aromatic N) is 1. The van der Waals surface area contributed by atoms with Crippen LogP contribution in [0.5, 0.6) is 0 Å². The zero-order valence-electron chi connectivity index (χ0n) is 13.6. The second kappa shape index (κ2) is 8.36. The predicted octanol–water partition coefficient (Wildman–Crippen LogP) is 4.11. The number of nitrogens with one attached hydrogen (secondary N) is 1. The first-order valence-corrected chi connectivity index (χ1v) is 7.98. The lowest BCUT2D eigenvalue weighted by molar-refractivity contribution is -0.138. The Morgan fingerprint density at radius 2 is 1.88 bits per heavy atom. The fraction of sp³-hybridized carbons (Fsp3) is 0.278. The molecule has 0 heterocycles. The number of likely N-dealkylation sites (N-methyl/N-ethyl adjacent to an activating group) is 1. The zero-order valence-corrected chi connectivity index (χ0v) is 14.4. The van der Waals surface area contributed by atoms with Gasteiger partial charge in [0.1, 0.15) is 0 Å². The van der Waals surface area contributed by atoms with E-state index in [1.807, 2.05) is 6.07 Å². The number of hydrogen-bond acceptors (Lipinski definition) is 2. The van der Waals surface area contributed by atoms with Gasteiger partial charge < -0.3 is 5.32 Å². The van der Waals surface area contributed by atoms with E-state index < -0.39 is 11.7 Å². The van der Waals surface area contributed by atoms with Crippen molar-refractivity contribution in [3.63, 3.8) is 0 Å². The lowest BCUT2D eigenvalue weighted by Crippen LogP contribution is -2.34. The first-order chi connectivity index (χ1) is 11.8. The quantitative estimate of drug-likeness (QED) is 0.830. The maximum absolute atomic E-state index is 13.0. The van der Waals surface area contributed by atoms with Gasteiger partial charge >= 0.3 is 6.18 Å². The number of carbonyl (C=O) groups excluding carboxylic acids is 1. The van der Waals surface area contributed by atoms with Crippen LogP contribution in [0.15, 0.2) is 48.5 Å². The number of alkyl halides is 3. The van der Waals surface area contributed by atoms with Crippen LogP contribution in [0.2, 0.25) is 5.02 Å². The van der Waals surface area contributed by atoms with Crippen LogP contribution in [0.25, 0.3) is 0 Å². The fourth-order valence-electron chi connectivity index (χ4n) is 2.43. The van der Waals surface area contributed by atoms with Gasteiger partial charge in [-0.2, -0.15) is 13.2 Å². The van der Waals surface area contributed by atoms with Crippen molar-refractivity contribution in [3.8, 4) is 0 Å². The zero-order chi connectivity index (χ0) is 18.4. The summed E-state index contributed by atoms with van der Waals surface area (Å²) in [6, 6.07) is 12.5. The Morgan fingerprint density at radius 3 is 2.56 bits per heavy atom. The number of hydrogen-bond donors (Lipinski definition) is 1. The molecular weight excluding hydrogens is 353 g/mol. The molecule has 0 aliphatic heterocycles. The Bertz CT molecular complexity index is 734. The summed E-state index contributed by atoms with van der Waals surface area (Å²) >= 11 is 5.87. The standard InChI is InChI=1S/C18H18ClF3N2O/c1-24(11-14-6-2-3-8-16(14)18(20,21)22)12-17(25)23-10-13-5-4-7-15(19)9-13/h2-9H,10-12H2,1H3,(H,23,25). The molecule has 0 saturated heterocycles. The molecule has 2 rings (SSSR count). The summed E-state index contributed by atoms with van der Waals surface area (Å²) in [5.74, 6) is -0.271. The summed E-state index contributed by atoms with van der Waals surface area (Å²) in [6.07, 6.45) is -4.41. The highest BCUT2D eigenvalue weighted by Crippen LogP contribution is 2.32. The van der Waals surface area contributed by atoms with E-state index in [1.165, 1.54) is 17.0 Å². The molecule has 0 saturated carbocycles. The molecule has 0 fully saturated rings. The first kappa shape index (κ1) is 19.3. The van der Waals surface area contributed by atoms with E-state index in [2.05, 4.69) is 5.32 Å². The molecule has 0 spiro atoms. The Morgan fingerprint density at radius 1 is 1.16 bits per heavy atom. The van der Waals surface area contributed by atoms with Crippen molar-refractivity contribution < 1.29 is 18.0 Å². The minimum atomic E-state index is -4.41. The largest absolute Gasteiger partial charge is 0.416 e. The third kappa shape index (κ3) is 6.07. The van der Waals surface area contributed by atoms with Crippen molar-refractivity contribution >= 4 is 17.5 Å². The number of benzene rings is 2. The molecule has 2 aromatic rings. The van der Waals surface area contributed by atoms with Crippen LogP contribution in [0, 0.1) is 0 Å². The Hall–Kier alpha value is -2.05. The van der Waals surface area contributed by atoms with Gasteiger partial charge in [0.2, 0.25) is 5.91 Å². The molecule has 1 amide bonds. The molecule has 0 bridgehead atoms. The van der Waals surface area contributed by atoms with Gasteiger partial charge in [0.05, 0.1) is 12.1 Å². The van der Waals surface area contributed by atoms with E-state index in [0.29, 0.717) is 11.6 Å². The van der Waals surface area contributed by atoms with Crippen molar-refractivity contribution in [2.75, 3.05) is 13.6 Å². The maximum atomic E-state index is 13.0. The van der Waals surface area contributed by atoms with Crippen LogP contribution in [0.1, 0.15) is 16.7 Å². The van der Waals surface area contributed by atoms with Gasteiger partial charge in [0, 0.05) is 18.1 Å². The highest BCUT2D eigenvalue weighted by molar-refractivity contribution is 6.30. The molecule has 0 aliphatic rings. The summed E-state index contributed by atoms with van der Waals surface area (Å²) < 4.78 is 39.0. The van der Waals surface area contributed by atoms with E-state index in [0.717, 1.165) is 11.6 Å². The fourth-order valence-corrected chi connectivity index (χ4v) is 2.64. The SMILES string of the molecule is CN(CC(=O)NCc1cccc(Cl)c1)Cc1ccccc1C(F)(F)F. The third-order valence-corrected chi connectivity index (χ3v) is 3.79. The molecule has 2 aromatic carbocycles. The molecule has 0 aliphatic carbocycles. The molecule has 3 nitrogen and oxygen atoms in total. The lowest BCUT2D eigenvalue weighted by atomic mass is 10.1. The minimum absolute atomic E-state index is 0.00719. The van der Waals surface area contributed by atoms with Gasteiger partial charge in [-0.3, -0.25) is 9.69 Å². The third-order valence-electron chi connectivity index (χ3n) is 3.56.